The number of fused-ring (bicyclic) bond motifs is 1. The van der Waals surface area contributed by atoms with Crippen molar-refractivity contribution in [3.63, 3.8) is 0 Å². The van der Waals surface area contributed by atoms with Gasteiger partial charge in [-0.3, -0.25) is 0 Å². The van der Waals surface area contributed by atoms with Gasteiger partial charge < -0.3 is 9.72 Å². The molecule has 3 aromatic rings. The molecule has 3 nitrogen and oxygen atoms in total. The molecule has 3 rings (SSSR count). The van der Waals surface area contributed by atoms with E-state index in [1.165, 1.54) is 18.2 Å². The molecule has 0 unspecified atom stereocenters. The third kappa shape index (κ3) is 2.59. The molecule has 2 aromatic heterocycles. The molecule has 1 N–H and O–H groups in total. The maximum Gasteiger partial charge on any atom is 0.573 e. The van der Waals surface area contributed by atoms with Gasteiger partial charge in [0.15, 0.2) is 0 Å². The van der Waals surface area contributed by atoms with E-state index in [-0.39, 0.29) is 5.75 Å². The topological polar surface area (TPSA) is 37.9 Å². The van der Waals surface area contributed by atoms with Crippen LogP contribution in [0.15, 0.2) is 48.7 Å². The van der Waals surface area contributed by atoms with E-state index in [2.05, 4.69) is 14.7 Å². The Morgan fingerprint density at radius 2 is 1.90 bits per heavy atom. The van der Waals surface area contributed by atoms with Crippen LogP contribution in [0.25, 0.3) is 22.3 Å². The van der Waals surface area contributed by atoms with Gasteiger partial charge in [0.05, 0.1) is 5.69 Å². The summed E-state index contributed by atoms with van der Waals surface area (Å²) in [5.74, 6) is -0.261. The Morgan fingerprint density at radius 1 is 1.05 bits per heavy atom. The normalized spacial score (nSPS) is 11.8. The molecular formula is C14H9F3N2O. The number of hydrogen-bond acceptors (Lipinski definition) is 2. The number of pyridine rings is 1. The number of ether oxygens (including phenoxy) is 1. The number of halogens is 3. The van der Waals surface area contributed by atoms with Crippen LogP contribution in [0.4, 0.5) is 13.2 Å². The fraction of sp³-hybridized carbons (Fsp3) is 0.0714. The lowest BCUT2D eigenvalue weighted by atomic mass is 10.1. The quantitative estimate of drug-likeness (QED) is 0.765. The number of hydrogen-bond donors (Lipinski definition) is 1. The van der Waals surface area contributed by atoms with Gasteiger partial charge in [-0.1, -0.05) is 12.1 Å². The van der Waals surface area contributed by atoms with Crippen molar-refractivity contribution < 1.29 is 17.9 Å². The van der Waals surface area contributed by atoms with Crippen molar-refractivity contribution in [3.8, 4) is 17.0 Å². The molecule has 6 heteroatoms. The molecule has 102 valence electrons. The van der Waals surface area contributed by atoms with Crippen LogP contribution < -0.4 is 4.74 Å². The Balaban J connectivity index is 1.98. The second-order valence-corrected chi connectivity index (χ2v) is 4.19. The van der Waals surface area contributed by atoms with Gasteiger partial charge in [0.1, 0.15) is 11.4 Å². The number of aromatic nitrogens is 2. The second-order valence-electron chi connectivity index (χ2n) is 4.19. The number of H-pyrrole nitrogens is 1. The van der Waals surface area contributed by atoms with Crippen LogP contribution in [0.2, 0.25) is 0 Å². The number of nitrogens with zero attached hydrogens (tertiary/aromatic N) is 1. The number of rotatable bonds is 2. The monoisotopic (exact) mass is 278 g/mol. The second kappa shape index (κ2) is 4.56. The lowest BCUT2D eigenvalue weighted by Crippen LogP contribution is -2.17. The highest BCUT2D eigenvalue weighted by Gasteiger charge is 2.31. The zero-order valence-electron chi connectivity index (χ0n) is 10.1. The average molecular weight is 278 g/mol. The zero-order chi connectivity index (χ0) is 14.2. The van der Waals surface area contributed by atoms with Gasteiger partial charge in [0.25, 0.3) is 0 Å². The summed E-state index contributed by atoms with van der Waals surface area (Å²) in [6.45, 7) is 0. The highest BCUT2D eigenvalue weighted by atomic mass is 19.4. The maximum absolute atomic E-state index is 12.2. The average Bonchev–Trinajstić information content (AvgIpc) is 2.84. The molecule has 0 aliphatic carbocycles. The van der Waals surface area contributed by atoms with E-state index in [1.807, 2.05) is 12.1 Å². The lowest BCUT2D eigenvalue weighted by Gasteiger charge is -2.09. The van der Waals surface area contributed by atoms with Crippen LogP contribution in [0, 0.1) is 0 Å². The lowest BCUT2D eigenvalue weighted by molar-refractivity contribution is -0.274. The summed E-state index contributed by atoms with van der Waals surface area (Å²) in [5.41, 5.74) is 1.82. The van der Waals surface area contributed by atoms with E-state index in [0.29, 0.717) is 16.9 Å². The molecule has 0 bridgehead atoms. The SMILES string of the molecule is FC(F)(F)Oc1cccc(-c2ccc3cc[nH]c3n2)c1. The molecule has 0 aliphatic rings. The molecule has 0 saturated heterocycles. The number of alkyl halides is 3. The van der Waals surface area contributed by atoms with Crippen molar-refractivity contribution in [1.29, 1.82) is 0 Å². The van der Waals surface area contributed by atoms with Crippen LogP contribution >= 0.6 is 0 Å². The first kappa shape index (κ1) is 12.5. The molecule has 0 saturated carbocycles. The Morgan fingerprint density at radius 3 is 2.70 bits per heavy atom. The summed E-state index contributed by atoms with van der Waals surface area (Å²) < 4.78 is 40.5. The molecule has 20 heavy (non-hydrogen) atoms. The molecule has 2 heterocycles. The van der Waals surface area contributed by atoms with Crippen molar-refractivity contribution in [3.05, 3.63) is 48.7 Å². The number of aromatic amines is 1. The highest BCUT2D eigenvalue weighted by Crippen LogP contribution is 2.27. The van der Waals surface area contributed by atoms with Gasteiger partial charge in [-0.05, 0) is 30.3 Å². The molecule has 0 radical (unpaired) electrons. The highest BCUT2D eigenvalue weighted by molar-refractivity contribution is 5.78. The van der Waals surface area contributed by atoms with Crippen molar-refractivity contribution in [1.82, 2.24) is 9.97 Å². The zero-order valence-corrected chi connectivity index (χ0v) is 10.1. The van der Waals surface area contributed by atoms with Gasteiger partial charge in [-0.15, -0.1) is 13.2 Å². The summed E-state index contributed by atoms with van der Waals surface area (Å²) in [6, 6.07) is 11.2. The van der Waals surface area contributed by atoms with Gasteiger partial charge >= 0.3 is 6.36 Å². The Labute approximate surface area is 112 Å². The summed E-state index contributed by atoms with van der Waals surface area (Å²) >= 11 is 0. The first-order chi connectivity index (χ1) is 9.51. The maximum atomic E-state index is 12.2. The Hall–Kier alpha value is -2.50. The van der Waals surface area contributed by atoms with Crippen LogP contribution in [0.1, 0.15) is 0 Å². The minimum Gasteiger partial charge on any atom is -0.406 e. The van der Waals surface area contributed by atoms with Crippen LogP contribution in [0.5, 0.6) is 5.75 Å². The molecule has 0 spiro atoms. The molecule has 1 aromatic carbocycles. The fourth-order valence-corrected chi connectivity index (χ4v) is 1.94. The summed E-state index contributed by atoms with van der Waals surface area (Å²) in [4.78, 5) is 7.31. The van der Waals surface area contributed by atoms with E-state index in [1.54, 1.807) is 18.3 Å². The van der Waals surface area contributed by atoms with E-state index in [0.717, 1.165) is 5.39 Å². The van der Waals surface area contributed by atoms with Crippen LogP contribution in [0.3, 0.4) is 0 Å². The van der Waals surface area contributed by atoms with Crippen molar-refractivity contribution in [2.45, 2.75) is 6.36 Å². The van der Waals surface area contributed by atoms with E-state index < -0.39 is 6.36 Å². The first-order valence-corrected chi connectivity index (χ1v) is 5.82. The standard InChI is InChI=1S/C14H9F3N2O/c15-14(16,17)20-11-3-1-2-10(8-11)12-5-4-9-6-7-18-13(9)19-12/h1-8H,(H,18,19). The molecule has 0 amide bonds. The van der Waals surface area contributed by atoms with E-state index >= 15 is 0 Å². The fourth-order valence-electron chi connectivity index (χ4n) is 1.94. The van der Waals surface area contributed by atoms with Crippen molar-refractivity contribution in [2.75, 3.05) is 0 Å². The van der Waals surface area contributed by atoms with Gasteiger partial charge in [-0.25, -0.2) is 4.98 Å². The van der Waals surface area contributed by atoms with Gasteiger partial charge in [0, 0.05) is 17.1 Å². The largest absolute Gasteiger partial charge is 0.573 e. The number of nitrogens with one attached hydrogen (secondary N) is 1. The summed E-state index contributed by atoms with van der Waals surface area (Å²) in [5, 5.41) is 0.941. The smallest absolute Gasteiger partial charge is 0.406 e. The molecule has 0 atom stereocenters. The van der Waals surface area contributed by atoms with Crippen molar-refractivity contribution in [2.24, 2.45) is 0 Å². The van der Waals surface area contributed by atoms with Gasteiger partial charge in [0.2, 0.25) is 0 Å². The molecular weight excluding hydrogens is 269 g/mol. The first-order valence-electron chi connectivity index (χ1n) is 5.82. The summed E-state index contributed by atoms with van der Waals surface area (Å²) in [6.07, 6.45) is -2.94. The predicted molar refractivity (Wildman–Crippen MR) is 68.2 cm³/mol. The third-order valence-corrected chi connectivity index (χ3v) is 2.77. The van der Waals surface area contributed by atoms with Crippen LogP contribution in [-0.2, 0) is 0 Å². The van der Waals surface area contributed by atoms with E-state index in [4.69, 9.17) is 0 Å². The Kier molecular flexibility index (Phi) is 2.85. The number of benzene rings is 1. The minimum atomic E-state index is -4.70. The Bertz CT molecular complexity index is 749. The molecule has 0 aliphatic heterocycles. The summed E-state index contributed by atoms with van der Waals surface area (Å²) in [7, 11) is 0. The van der Waals surface area contributed by atoms with Crippen LogP contribution in [-0.4, -0.2) is 16.3 Å². The predicted octanol–water partition coefficient (Wildman–Crippen LogP) is 4.13. The van der Waals surface area contributed by atoms with Gasteiger partial charge in [-0.2, -0.15) is 0 Å². The third-order valence-electron chi connectivity index (χ3n) is 2.77. The molecule has 0 fully saturated rings. The van der Waals surface area contributed by atoms with E-state index in [9.17, 15) is 13.2 Å². The minimum absolute atomic E-state index is 0.261. The van der Waals surface area contributed by atoms with Crippen molar-refractivity contribution >= 4 is 11.0 Å².